The molecule has 1 aliphatic carbocycles. The van der Waals surface area contributed by atoms with E-state index in [1.165, 1.54) is 31.0 Å². The van der Waals surface area contributed by atoms with E-state index < -0.39 is 0 Å². The maximum atomic E-state index is 12.5. The molecule has 1 fully saturated rings. The molecule has 8 nitrogen and oxygen atoms in total. The molecule has 2 N–H and O–H groups in total. The Labute approximate surface area is 198 Å². The fourth-order valence-corrected chi connectivity index (χ4v) is 5.00. The smallest absolute Gasteiger partial charge is 0.231 e. The molecule has 2 heterocycles. The number of anilines is 1. The maximum Gasteiger partial charge on any atom is 0.231 e. The number of carbonyl (C=O) groups is 1. The highest BCUT2D eigenvalue weighted by molar-refractivity contribution is 7.99. The van der Waals surface area contributed by atoms with Crippen molar-refractivity contribution in [1.29, 1.82) is 0 Å². The molecule has 1 saturated carbocycles. The van der Waals surface area contributed by atoms with E-state index in [9.17, 15) is 4.79 Å². The van der Waals surface area contributed by atoms with Gasteiger partial charge in [-0.3, -0.25) is 4.79 Å². The van der Waals surface area contributed by atoms with Gasteiger partial charge in [0.05, 0.1) is 31.7 Å². The summed E-state index contributed by atoms with van der Waals surface area (Å²) in [7, 11) is 1.66. The van der Waals surface area contributed by atoms with Gasteiger partial charge < -0.3 is 24.4 Å². The summed E-state index contributed by atoms with van der Waals surface area (Å²) < 4.78 is 12.9. The summed E-state index contributed by atoms with van der Waals surface area (Å²) in [4.78, 5) is 12.5. The number of ether oxygens (including phenoxy) is 1. The number of amides is 1. The molecular formula is C24H31N5O3S. The Hall–Kier alpha value is -2.94. The number of aromatic nitrogens is 3. The lowest BCUT2D eigenvalue weighted by Crippen LogP contribution is -2.28. The van der Waals surface area contributed by atoms with Gasteiger partial charge in [-0.05, 0) is 44.0 Å². The summed E-state index contributed by atoms with van der Waals surface area (Å²) in [5, 5.41) is 16.1. The normalized spacial score (nSPS) is 15.2. The lowest BCUT2D eigenvalue weighted by molar-refractivity contribution is -0.119. The van der Waals surface area contributed by atoms with Crippen LogP contribution in [0.3, 0.4) is 0 Å². The highest BCUT2D eigenvalue weighted by Crippen LogP contribution is 2.33. The fourth-order valence-electron chi connectivity index (χ4n) is 4.17. The Morgan fingerprint density at radius 1 is 1.24 bits per heavy atom. The van der Waals surface area contributed by atoms with Gasteiger partial charge in [-0.25, -0.2) is 0 Å². The number of benzene rings is 1. The fraction of sp³-hybridized carbons (Fsp3) is 0.458. The molecule has 1 aromatic carbocycles. The van der Waals surface area contributed by atoms with E-state index in [0.717, 1.165) is 41.0 Å². The van der Waals surface area contributed by atoms with Gasteiger partial charge in [0.2, 0.25) is 5.91 Å². The topological polar surface area (TPSA) is 94.2 Å². The van der Waals surface area contributed by atoms with Crippen LogP contribution in [0.15, 0.2) is 52.2 Å². The van der Waals surface area contributed by atoms with Crippen LogP contribution in [-0.4, -0.2) is 33.5 Å². The van der Waals surface area contributed by atoms with Gasteiger partial charge in [0.1, 0.15) is 11.5 Å². The minimum absolute atomic E-state index is 0.0573. The molecule has 0 aliphatic heterocycles. The zero-order valence-corrected chi connectivity index (χ0v) is 19.9. The molecule has 4 rings (SSSR count). The lowest BCUT2D eigenvalue weighted by Gasteiger charge is -2.25. The van der Waals surface area contributed by atoms with Crippen LogP contribution in [-0.2, 0) is 11.3 Å². The third kappa shape index (κ3) is 6.10. The standard InChI is InChI=1S/C24H31N5O3S/c1-17(21-12-7-13-32-21)26-23(30)16-33-24-28-27-22(29(24)19-9-4-3-5-10-19)15-25-18-8-6-11-20(14-18)31-2/h6-8,11-14,17,19,25H,3-5,9-10,15-16H2,1-2H3,(H,26,30). The quantitative estimate of drug-likeness (QED) is 0.405. The van der Waals surface area contributed by atoms with Crippen molar-refractivity contribution in [2.75, 3.05) is 18.2 Å². The van der Waals surface area contributed by atoms with E-state index in [4.69, 9.17) is 9.15 Å². The maximum absolute atomic E-state index is 12.5. The largest absolute Gasteiger partial charge is 0.497 e. The van der Waals surface area contributed by atoms with Crippen molar-refractivity contribution in [3.8, 4) is 5.75 Å². The SMILES string of the molecule is COc1cccc(NCc2nnc(SCC(=O)NC(C)c3ccco3)n2C2CCCCC2)c1. The van der Waals surface area contributed by atoms with Crippen molar-refractivity contribution in [3.63, 3.8) is 0 Å². The molecular weight excluding hydrogens is 438 g/mol. The van der Waals surface area contributed by atoms with Crippen LogP contribution >= 0.6 is 11.8 Å². The predicted octanol–water partition coefficient (Wildman–Crippen LogP) is 4.97. The number of rotatable bonds is 10. The van der Waals surface area contributed by atoms with Crippen molar-refractivity contribution in [1.82, 2.24) is 20.1 Å². The van der Waals surface area contributed by atoms with Gasteiger partial charge in [0.25, 0.3) is 0 Å². The van der Waals surface area contributed by atoms with Crippen LogP contribution in [0.5, 0.6) is 5.75 Å². The molecule has 0 saturated heterocycles. The number of nitrogens with one attached hydrogen (secondary N) is 2. The highest BCUT2D eigenvalue weighted by atomic mass is 32.2. The molecule has 1 unspecified atom stereocenters. The number of hydrogen-bond acceptors (Lipinski definition) is 7. The van der Waals surface area contributed by atoms with Crippen LogP contribution in [0.25, 0.3) is 0 Å². The third-order valence-corrected chi connectivity index (χ3v) is 6.82. The van der Waals surface area contributed by atoms with Crippen molar-refractivity contribution in [2.24, 2.45) is 0 Å². The molecule has 9 heteroatoms. The molecule has 33 heavy (non-hydrogen) atoms. The molecule has 0 radical (unpaired) electrons. The number of carbonyl (C=O) groups excluding carboxylic acids is 1. The van der Waals surface area contributed by atoms with Gasteiger partial charge >= 0.3 is 0 Å². The first-order valence-corrected chi connectivity index (χ1v) is 12.4. The van der Waals surface area contributed by atoms with Crippen LogP contribution in [0, 0.1) is 0 Å². The van der Waals surface area contributed by atoms with Crippen molar-refractivity contribution < 1.29 is 13.9 Å². The second kappa shape index (κ2) is 11.3. The molecule has 1 amide bonds. The first-order chi connectivity index (χ1) is 16.1. The summed E-state index contributed by atoms with van der Waals surface area (Å²) >= 11 is 1.44. The molecule has 0 bridgehead atoms. The van der Waals surface area contributed by atoms with E-state index in [1.54, 1.807) is 13.4 Å². The van der Waals surface area contributed by atoms with Crippen molar-refractivity contribution in [3.05, 3.63) is 54.2 Å². The molecule has 1 atom stereocenters. The van der Waals surface area contributed by atoms with Crippen LogP contribution in [0.4, 0.5) is 5.69 Å². The molecule has 2 aromatic heterocycles. The molecule has 176 valence electrons. The summed E-state index contributed by atoms with van der Waals surface area (Å²) in [6.45, 7) is 2.47. The average molecular weight is 470 g/mol. The second-order valence-electron chi connectivity index (χ2n) is 8.24. The lowest BCUT2D eigenvalue weighted by atomic mass is 9.95. The average Bonchev–Trinajstić information content (AvgIpc) is 3.52. The van der Waals surface area contributed by atoms with Crippen molar-refractivity contribution >= 4 is 23.4 Å². The Kier molecular flexibility index (Phi) is 7.93. The number of nitrogens with zero attached hydrogens (tertiary/aromatic N) is 3. The van der Waals surface area contributed by atoms with Gasteiger partial charge in [-0.15, -0.1) is 10.2 Å². The minimum Gasteiger partial charge on any atom is -0.497 e. The molecule has 1 aliphatic rings. The Morgan fingerprint density at radius 2 is 2.09 bits per heavy atom. The van der Waals surface area contributed by atoms with Gasteiger partial charge in [-0.2, -0.15) is 0 Å². The van der Waals surface area contributed by atoms with E-state index in [1.807, 2.05) is 43.3 Å². The Balaban J connectivity index is 1.43. The summed E-state index contributed by atoms with van der Waals surface area (Å²) in [6, 6.07) is 11.7. The first-order valence-electron chi connectivity index (χ1n) is 11.4. The van der Waals surface area contributed by atoms with Crippen molar-refractivity contribution in [2.45, 2.75) is 62.8 Å². The summed E-state index contributed by atoms with van der Waals surface area (Å²) in [5.41, 5.74) is 0.966. The van der Waals surface area contributed by atoms with E-state index in [-0.39, 0.29) is 17.7 Å². The second-order valence-corrected chi connectivity index (χ2v) is 9.18. The molecule has 3 aromatic rings. The Morgan fingerprint density at radius 3 is 2.85 bits per heavy atom. The van der Waals surface area contributed by atoms with E-state index in [0.29, 0.717) is 12.6 Å². The van der Waals surface area contributed by atoms with Crippen LogP contribution in [0.1, 0.15) is 62.7 Å². The number of thioether (sulfide) groups is 1. The van der Waals surface area contributed by atoms with Gasteiger partial charge in [-0.1, -0.05) is 37.1 Å². The Bertz CT molecular complexity index is 1030. The van der Waals surface area contributed by atoms with E-state index >= 15 is 0 Å². The predicted molar refractivity (Wildman–Crippen MR) is 128 cm³/mol. The monoisotopic (exact) mass is 469 g/mol. The van der Waals surface area contributed by atoms with Crippen LogP contribution < -0.4 is 15.4 Å². The van der Waals surface area contributed by atoms with E-state index in [2.05, 4.69) is 25.4 Å². The third-order valence-electron chi connectivity index (χ3n) is 5.88. The first kappa shape index (κ1) is 23.2. The van der Waals surface area contributed by atoms with Crippen LogP contribution in [0.2, 0.25) is 0 Å². The zero-order chi connectivity index (χ0) is 23.0. The summed E-state index contributed by atoms with van der Waals surface area (Å²) in [6.07, 6.45) is 7.51. The zero-order valence-electron chi connectivity index (χ0n) is 19.1. The molecule has 0 spiro atoms. The minimum atomic E-state index is -0.174. The number of furan rings is 1. The number of methoxy groups -OCH3 is 1. The highest BCUT2D eigenvalue weighted by Gasteiger charge is 2.24. The van der Waals surface area contributed by atoms with Gasteiger partial charge in [0.15, 0.2) is 11.0 Å². The number of hydrogen-bond donors (Lipinski definition) is 2. The van der Waals surface area contributed by atoms with Gasteiger partial charge in [0, 0.05) is 17.8 Å². The summed E-state index contributed by atoms with van der Waals surface area (Å²) in [5.74, 6) is 2.65.